The van der Waals surface area contributed by atoms with E-state index < -0.39 is 39.0 Å². The van der Waals surface area contributed by atoms with Crippen molar-refractivity contribution in [2.24, 2.45) is 0 Å². The smallest absolute Gasteiger partial charge is 0.316 e. The lowest BCUT2D eigenvalue weighted by Gasteiger charge is -2.39. The highest BCUT2D eigenvalue weighted by molar-refractivity contribution is 5.90. The van der Waals surface area contributed by atoms with Gasteiger partial charge in [0.05, 0.1) is 72.8 Å². The number of aliphatic carboxylic acids is 1. The van der Waals surface area contributed by atoms with E-state index in [9.17, 15) is 66.1 Å². The highest BCUT2D eigenvalue weighted by Gasteiger charge is 2.50. The molecule has 112 heavy (non-hydrogen) atoms. The summed E-state index contributed by atoms with van der Waals surface area (Å²) in [6.07, 6.45) is 10.2. The molecule has 0 unspecified atom stereocenters. The number of benzene rings is 8. The van der Waals surface area contributed by atoms with Crippen LogP contribution in [-0.4, -0.2) is 96.7 Å². The minimum Gasteiger partial charge on any atom is -0.490 e. The van der Waals surface area contributed by atoms with E-state index in [1.165, 1.54) is 51.7 Å². The fraction of sp³-hybridized carbons (Fsp3) is 0.407. The van der Waals surface area contributed by atoms with Crippen molar-refractivity contribution in [3.8, 4) is 17.2 Å². The highest BCUT2D eigenvalue weighted by Crippen LogP contribution is 2.48. The second kappa shape index (κ2) is 38.8. The van der Waals surface area contributed by atoms with E-state index in [1.807, 2.05) is 97.1 Å². The molecule has 5 fully saturated rings. The monoisotopic (exact) mass is 1540 g/mol. The van der Waals surface area contributed by atoms with Crippen LogP contribution in [0.3, 0.4) is 0 Å². The summed E-state index contributed by atoms with van der Waals surface area (Å²) in [5.41, 5.74) is 2.98. The highest BCUT2D eigenvalue weighted by atomic mass is 19.1. The largest absolute Gasteiger partial charge is 0.490 e. The fourth-order valence-electron chi connectivity index (χ4n) is 17.0. The van der Waals surface area contributed by atoms with Gasteiger partial charge in [0.25, 0.3) is 5.91 Å². The maximum absolute atomic E-state index is 14.1. The van der Waals surface area contributed by atoms with Crippen LogP contribution < -0.4 is 19.7 Å². The maximum Gasteiger partial charge on any atom is 0.316 e. The number of esters is 3. The molecule has 1 amide bonds. The normalized spacial score (nSPS) is 23.0. The molecule has 16 nitrogen and oxygen atoms in total. The molecule has 0 bridgehead atoms. The van der Waals surface area contributed by atoms with E-state index in [-0.39, 0.29) is 77.2 Å². The van der Waals surface area contributed by atoms with Crippen molar-refractivity contribution in [3.63, 3.8) is 0 Å². The number of rotatable bonds is 16. The zero-order valence-electron chi connectivity index (χ0n) is 64.9. The number of ether oxygens (including phenoxy) is 6. The molecule has 13 rings (SSSR count). The number of carboxylic acid groups (broad SMARTS) is 1. The van der Waals surface area contributed by atoms with Crippen LogP contribution in [-0.2, 0) is 70.1 Å². The first kappa shape index (κ1) is 85.7. The molecule has 0 atom stereocenters. The number of nitrogens with one attached hydrogen (secondary N) is 1. The average molecular weight is 1540 g/mol. The van der Waals surface area contributed by atoms with E-state index in [0.29, 0.717) is 166 Å². The van der Waals surface area contributed by atoms with Gasteiger partial charge < -0.3 is 38.6 Å². The molecule has 5 aliphatic rings. The Morgan fingerprint density at radius 3 is 0.857 bits per heavy atom. The first-order valence-electron chi connectivity index (χ1n) is 38.2. The van der Waals surface area contributed by atoms with Crippen LogP contribution in [0.2, 0.25) is 0 Å². The lowest BCUT2D eigenvalue weighted by atomic mass is 9.67. The van der Waals surface area contributed by atoms with Gasteiger partial charge in [-0.15, -0.1) is 0 Å². The number of ketones is 1. The number of carbonyl (C=O) groups is 6. The molecular formula is C91H102F5NO15. The summed E-state index contributed by atoms with van der Waals surface area (Å²) in [4.78, 5) is 73.0. The number of hydrogen-bond acceptors (Lipinski definition) is 14. The minimum absolute atomic E-state index is 0.00381. The summed E-state index contributed by atoms with van der Waals surface area (Å²) in [6, 6.07) is 52.7. The molecule has 0 heterocycles. The number of carbonyl (C=O) groups excluding carboxylic acids is 5. The molecule has 4 N–H and O–H groups in total. The summed E-state index contributed by atoms with van der Waals surface area (Å²) in [7, 11) is 4.07. The van der Waals surface area contributed by atoms with Crippen molar-refractivity contribution in [1.82, 2.24) is 5.48 Å². The number of methoxy groups -OCH3 is 3. The van der Waals surface area contributed by atoms with Gasteiger partial charge in [0.15, 0.2) is 0 Å². The Balaban J connectivity index is 0.000000162. The predicted octanol–water partition coefficient (Wildman–Crippen LogP) is 18.1. The number of para-hydroxylation sites is 3. The molecule has 8 aromatic rings. The molecule has 5 aliphatic carbocycles. The van der Waals surface area contributed by atoms with Gasteiger partial charge in [-0.2, -0.15) is 0 Å². The van der Waals surface area contributed by atoms with Crippen LogP contribution in [0.1, 0.15) is 184 Å². The van der Waals surface area contributed by atoms with Gasteiger partial charge in [0.2, 0.25) is 0 Å². The van der Waals surface area contributed by atoms with Crippen LogP contribution in [0.15, 0.2) is 182 Å². The topological polar surface area (TPSA) is 231 Å². The quantitative estimate of drug-likeness (QED) is 0.0232. The zero-order valence-corrected chi connectivity index (χ0v) is 64.9. The molecular weight excluding hydrogens is 1440 g/mol. The zero-order chi connectivity index (χ0) is 81.0. The molecule has 0 aliphatic heterocycles. The number of Topliss-reactive ketones (excluding diaryl/α,β-unsaturated/α-hetero) is 1. The summed E-state index contributed by atoms with van der Waals surface area (Å²) < 4.78 is 102. The third-order valence-corrected chi connectivity index (χ3v) is 23.6. The molecule has 0 saturated heterocycles. The Bertz CT molecular complexity index is 4370. The summed E-state index contributed by atoms with van der Waals surface area (Å²) >= 11 is 0. The van der Waals surface area contributed by atoms with Gasteiger partial charge >= 0.3 is 23.9 Å². The fourth-order valence-corrected chi connectivity index (χ4v) is 17.0. The van der Waals surface area contributed by atoms with Crippen molar-refractivity contribution in [2.45, 2.75) is 215 Å². The molecule has 5 saturated carbocycles. The van der Waals surface area contributed by atoms with E-state index in [4.69, 9.17) is 28.4 Å². The van der Waals surface area contributed by atoms with Crippen molar-refractivity contribution < 1.29 is 94.6 Å². The van der Waals surface area contributed by atoms with E-state index >= 15 is 0 Å². The minimum atomic E-state index is -1.03. The van der Waals surface area contributed by atoms with Crippen LogP contribution >= 0.6 is 0 Å². The van der Waals surface area contributed by atoms with Gasteiger partial charge in [-0.3, -0.25) is 34.0 Å². The SMILES string of the molecule is COC(=O)C1(c2cccc(F)c2C)CCC(=O)CC1.COC(=O)C1(c2cccc(F)c2C)CCC(O)CC1.COC(=O)C1(c2cccc(F)c2C)CCC(Oc2ccccc2)CC1.Cc1c(F)cccc1C1(C(=O)NO)CCC(Oc2ccccc2)CC1.Cc1c(F)cccc1C1(C(=O)O)CCC(Oc2ccccc2)CC1. The Kier molecular flexibility index (Phi) is 29.7. The lowest BCUT2D eigenvalue weighted by Crippen LogP contribution is -2.47. The molecule has 0 spiro atoms. The number of halogens is 5. The third-order valence-electron chi connectivity index (χ3n) is 23.6. The van der Waals surface area contributed by atoms with Crippen molar-refractivity contribution >= 4 is 35.6 Å². The summed E-state index contributed by atoms with van der Waals surface area (Å²) in [5, 5.41) is 28.8. The second-order valence-corrected chi connectivity index (χ2v) is 29.9. The van der Waals surface area contributed by atoms with Gasteiger partial charge in [0.1, 0.15) is 52.1 Å². The molecule has 21 heteroatoms. The Hall–Kier alpha value is -10.3. The van der Waals surface area contributed by atoms with E-state index in [0.717, 1.165) is 35.7 Å². The maximum atomic E-state index is 14.1. The third kappa shape index (κ3) is 19.4. The molecule has 8 aromatic carbocycles. The average Bonchev–Trinajstić information content (AvgIpc) is 0.795. The number of amides is 1. The molecule has 0 aromatic heterocycles. The van der Waals surface area contributed by atoms with Gasteiger partial charge in [-0.1, -0.05) is 115 Å². The van der Waals surface area contributed by atoms with Crippen LogP contribution in [0.25, 0.3) is 0 Å². The van der Waals surface area contributed by atoms with E-state index in [1.54, 1.807) is 94.7 Å². The van der Waals surface area contributed by atoms with Crippen LogP contribution in [0, 0.1) is 63.7 Å². The molecule has 0 radical (unpaired) electrons. The first-order chi connectivity index (χ1) is 53.7. The first-order valence-corrected chi connectivity index (χ1v) is 38.2. The predicted molar refractivity (Wildman–Crippen MR) is 414 cm³/mol. The number of aliphatic hydroxyl groups is 1. The van der Waals surface area contributed by atoms with Crippen molar-refractivity contribution in [2.75, 3.05) is 21.3 Å². The van der Waals surface area contributed by atoms with Crippen LogP contribution in [0.4, 0.5) is 22.0 Å². The standard InChI is InChI=1S/C21H23FO3.C20H22FNO3.C20H21FO3.C15H19FO3.C15H17FO3/c1-15-18(9-6-10-19(15)22)21(20(23)24-2)13-11-17(12-14-21)25-16-7-4-3-5-8-16;1-14-17(8-5-9-18(14)21)20(19(23)22-24)12-10-16(11-13-20)25-15-6-3-2-4-7-15;1-14-17(8-5-9-18(14)21)20(19(22)23)12-10-16(11-13-20)24-15-6-3-2-4-7-15;2*1-10-12(4-3-5-13(10)16)15(14(18)19-2)8-6-11(17)7-9-15/h3-10,17H,11-14H2,1-2H3;2-9,16,24H,10-13H2,1H3,(H,22,23);2-9,16H,10-13H2,1H3,(H,22,23);3-5,11,17H,6-9H2,1-2H3;3-5H,6-9H2,1-2H3. The van der Waals surface area contributed by atoms with Crippen molar-refractivity contribution in [3.05, 3.63) is 267 Å². The number of aliphatic hydroxyl groups excluding tert-OH is 1. The van der Waals surface area contributed by atoms with Crippen molar-refractivity contribution in [1.29, 1.82) is 0 Å². The van der Waals surface area contributed by atoms with Gasteiger partial charge in [-0.25, -0.2) is 27.4 Å². The Morgan fingerprint density at radius 2 is 0.589 bits per heavy atom. The lowest BCUT2D eigenvalue weighted by molar-refractivity contribution is -0.150. The second-order valence-electron chi connectivity index (χ2n) is 29.9. The molecule has 596 valence electrons. The van der Waals surface area contributed by atoms with Gasteiger partial charge in [-0.05, 0) is 273 Å². The number of hydrogen-bond donors (Lipinski definition) is 4. The number of hydroxylamine groups is 1. The van der Waals surface area contributed by atoms with Crippen LogP contribution in [0.5, 0.6) is 17.2 Å². The summed E-state index contributed by atoms with van der Waals surface area (Å²) in [6.45, 7) is 8.39. The van der Waals surface area contributed by atoms with E-state index in [2.05, 4.69) is 0 Å². The number of carboxylic acids is 1. The Labute approximate surface area is 652 Å². The van der Waals surface area contributed by atoms with Gasteiger partial charge in [0, 0.05) is 12.8 Å². The summed E-state index contributed by atoms with van der Waals surface area (Å²) in [5.74, 6) is -1.43. The Morgan fingerprint density at radius 1 is 0.348 bits per heavy atom.